The molecule has 2 rings (SSSR count). The van der Waals surface area contributed by atoms with Gasteiger partial charge in [-0.15, -0.1) is 0 Å². The van der Waals surface area contributed by atoms with Crippen LogP contribution in [0.5, 0.6) is 0 Å². The molecule has 1 aliphatic heterocycles. The summed E-state index contributed by atoms with van der Waals surface area (Å²) < 4.78 is 0. The first-order chi connectivity index (χ1) is 8.99. The molecule has 3 heteroatoms. The van der Waals surface area contributed by atoms with Crippen LogP contribution >= 0.6 is 11.6 Å². The number of anilines is 1. The zero-order valence-electron chi connectivity index (χ0n) is 12.4. The zero-order chi connectivity index (χ0) is 14.0. The van der Waals surface area contributed by atoms with Gasteiger partial charge in [-0.3, -0.25) is 0 Å². The van der Waals surface area contributed by atoms with Gasteiger partial charge < -0.3 is 10.2 Å². The van der Waals surface area contributed by atoms with Gasteiger partial charge in [0.25, 0.3) is 0 Å². The number of benzene rings is 1. The van der Waals surface area contributed by atoms with E-state index < -0.39 is 0 Å². The molecule has 1 fully saturated rings. The molecule has 1 aromatic carbocycles. The van der Waals surface area contributed by atoms with Crippen molar-refractivity contribution in [2.75, 3.05) is 11.4 Å². The zero-order valence-corrected chi connectivity index (χ0v) is 13.2. The van der Waals surface area contributed by atoms with E-state index in [0.29, 0.717) is 12.1 Å². The highest BCUT2D eigenvalue weighted by Gasteiger charge is 2.28. The van der Waals surface area contributed by atoms with Crippen molar-refractivity contribution < 1.29 is 0 Å². The smallest absolute Gasteiger partial charge is 0.0643 e. The van der Waals surface area contributed by atoms with Crippen LogP contribution in [0.1, 0.15) is 39.7 Å². The summed E-state index contributed by atoms with van der Waals surface area (Å²) in [6, 6.07) is 7.31. The van der Waals surface area contributed by atoms with Crippen LogP contribution in [0, 0.1) is 5.92 Å². The van der Waals surface area contributed by atoms with E-state index in [1.165, 1.54) is 17.7 Å². The van der Waals surface area contributed by atoms with Gasteiger partial charge in [-0.25, -0.2) is 0 Å². The summed E-state index contributed by atoms with van der Waals surface area (Å²) in [6.45, 7) is 11.0. The minimum absolute atomic E-state index is 0.488. The average molecular weight is 281 g/mol. The van der Waals surface area contributed by atoms with E-state index in [1.807, 2.05) is 12.1 Å². The predicted octanol–water partition coefficient (Wildman–Crippen LogP) is 4.07. The molecule has 2 atom stereocenters. The number of para-hydroxylation sites is 1. The third-order valence-electron chi connectivity index (χ3n) is 3.84. The summed E-state index contributed by atoms with van der Waals surface area (Å²) in [5.41, 5.74) is 2.54. The topological polar surface area (TPSA) is 15.3 Å². The number of nitrogens with zero attached hydrogens (tertiary/aromatic N) is 1. The van der Waals surface area contributed by atoms with Crippen molar-refractivity contribution in [3.05, 3.63) is 28.8 Å². The van der Waals surface area contributed by atoms with Crippen LogP contribution in [0.2, 0.25) is 5.02 Å². The second-order valence-electron chi connectivity index (χ2n) is 6.13. The summed E-state index contributed by atoms with van der Waals surface area (Å²) in [6.07, 6.45) is 1.25. The van der Waals surface area contributed by atoms with E-state index in [1.54, 1.807) is 0 Å². The monoisotopic (exact) mass is 280 g/mol. The summed E-state index contributed by atoms with van der Waals surface area (Å²) >= 11 is 6.47. The van der Waals surface area contributed by atoms with Crippen molar-refractivity contribution >= 4 is 17.3 Å². The highest BCUT2D eigenvalue weighted by molar-refractivity contribution is 6.33. The Kier molecular flexibility index (Phi) is 4.75. The van der Waals surface area contributed by atoms with Gasteiger partial charge in [0.05, 0.1) is 10.7 Å². The molecule has 0 bridgehead atoms. The lowest BCUT2D eigenvalue weighted by atomic mass is 10.1. The molecule has 0 aromatic heterocycles. The molecule has 0 radical (unpaired) electrons. The standard InChI is InChI=1S/C16H25ClN2/c1-11(2)18-9-14-6-5-7-15(17)16(14)19-10-12(3)8-13(19)4/h5-7,11-13,18H,8-10H2,1-4H3. The molecule has 2 nitrogen and oxygen atoms in total. The summed E-state index contributed by atoms with van der Waals surface area (Å²) in [4.78, 5) is 2.48. The van der Waals surface area contributed by atoms with Crippen LogP contribution in [-0.4, -0.2) is 18.6 Å². The molecule has 1 aromatic rings. The van der Waals surface area contributed by atoms with Gasteiger partial charge >= 0.3 is 0 Å². The Balaban J connectivity index is 2.27. The fourth-order valence-electron chi connectivity index (χ4n) is 2.95. The Labute approximate surface area is 122 Å². The molecular weight excluding hydrogens is 256 g/mol. The van der Waals surface area contributed by atoms with Crippen LogP contribution in [-0.2, 0) is 6.54 Å². The Morgan fingerprint density at radius 1 is 1.37 bits per heavy atom. The summed E-state index contributed by atoms with van der Waals surface area (Å²) in [5, 5.41) is 4.37. The van der Waals surface area contributed by atoms with Gasteiger partial charge in [-0.2, -0.15) is 0 Å². The molecular formula is C16H25ClN2. The van der Waals surface area contributed by atoms with Gasteiger partial charge in [0.15, 0.2) is 0 Å². The maximum absolute atomic E-state index is 6.47. The van der Waals surface area contributed by atoms with Crippen LogP contribution in [0.15, 0.2) is 18.2 Å². The Hall–Kier alpha value is -0.730. The highest BCUT2D eigenvalue weighted by Crippen LogP contribution is 2.36. The minimum Gasteiger partial charge on any atom is -0.367 e. The Morgan fingerprint density at radius 3 is 2.68 bits per heavy atom. The highest BCUT2D eigenvalue weighted by atomic mass is 35.5. The molecule has 1 saturated heterocycles. The molecule has 1 N–H and O–H groups in total. The number of nitrogens with one attached hydrogen (secondary N) is 1. The molecule has 0 amide bonds. The number of hydrogen-bond donors (Lipinski definition) is 1. The first-order valence-corrected chi connectivity index (χ1v) is 7.64. The molecule has 106 valence electrons. The quantitative estimate of drug-likeness (QED) is 0.894. The van der Waals surface area contributed by atoms with Crippen molar-refractivity contribution in [3.8, 4) is 0 Å². The lowest BCUT2D eigenvalue weighted by molar-refractivity contribution is 0.587. The van der Waals surface area contributed by atoms with Crippen molar-refractivity contribution in [1.29, 1.82) is 0 Å². The maximum atomic E-state index is 6.47. The minimum atomic E-state index is 0.488. The lowest BCUT2D eigenvalue weighted by Crippen LogP contribution is -2.30. The molecule has 1 heterocycles. The molecule has 0 aliphatic carbocycles. The summed E-state index contributed by atoms with van der Waals surface area (Å²) in [5.74, 6) is 0.747. The molecule has 2 unspecified atom stereocenters. The lowest BCUT2D eigenvalue weighted by Gasteiger charge is -2.28. The normalized spacial score (nSPS) is 23.4. The Morgan fingerprint density at radius 2 is 2.11 bits per heavy atom. The van der Waals surface area contributed by atoms with Crippen LogP contribution in [0.3, 0.4) is 0 Å². The van der Waals surface area contributed by atoms with Gasteiger partial charge in [-0.05, 0) is 30.9 Å². The van der Waals surface area contributed by atoms with E-state index in [-0.39, 0.29) is 0 Å². The van der Waals surface area contributed by atoms with Gasteiger partial charge in [0.1, 0.15) is 0 Å². The Bertz CT molecular complexity index is 431. The molecule has 19 heavy (non-hydrogen) atoms. The van der Waals surface area contributed by atoms with Crippen LogP contribution in [0.4, 0.5) is 5.69 Å². The predicted molar refractivity (Wildman–Crippen MR) is 84.0 cm³/mol. The number of halogens is 1. The second-order valence-corrected chi connectivity index (χ2v) is 6.53. The van der Waals surface area contributed by atoms with E-state index >= 15 is 0 Å². The van der Waals surface area contributed by atoms with Crippen LogP contribution in [0.25, 0.3) is 0 Å². The van der Waals surface area contributed by atoms with Crippen molar-refractivity contribution in [3.63, 3.8) is 0 Å². The third-order valence-corrected chi connectivity index (χ3v) is 4.15. The maximum Gasteiger partial charge on any atom is 0.0643 e. The van der Waals surface area contributed by atoms with E-state index in [0.717, 1.165) is 24.0 Å². The molecule has 0 saturated carbocycles. The number of rotatable bonds is 4. The van der Waals surface area contributed by atoms with Crippen molar-refractivity contribution in [1.82, 2.24) is 5.32 Å². The molecule has 0 spiro atoms. The van der Waals surface area contributed by atoms with Gasteiger partial charge in [0.2, 0.25) is 0 Å². The van der Waals surface area contributed by atoms with Crippen molar-refractivity contribution in [2.45, 2.75) is 52.7 Å². The van der Waals surface area contributed by atoms with E-state index in [9.17, 15) is 0 Å². The fraction of sp³-hybridized carbons (Fsp3) is 0.625. The average Bonchev–Trinajstić information content (AvgIpc) is 2.65. The second kappa shape index (κ2) is 6.15. The fourth-order valence-corrected chi connectivity index (χ4v) is 3.25. The number of hydrogen-bond acceptors (Lipinski definition) is 2. The largest absolute Gasteiger partial charge is 0.367 e. The van der Waals surface area contributed by atoms with Gasteiger partial charge in [-0.1, -0.05) is 44.5 Å². The van der Waals surface area contributed by atoms with E-state index in [4.69, 9.17) is 11.6 Å². The SMILES string of the molecule is CC1CC(C)N(c2c(Cl)cccc2CNC(C)C)C1. The summed E-state index contributed by atoms with van der Waals surface area (Å²) in [7, 11) is 0. The first-order valence-electron chi connectivity index (χ1n) is 7.26. The van der Waals surface area contributed by atoms with Gasteiger partial charge in [0, 0.05) is 25.2 Å². The third kappa shape index (κ3) is 3.43. The van der Waals surface area contributed by atoms with E-state index in [2.05, 4.69) is 44.0 Å². The first kappa shape index (κ1) is 14.7. The van der Waals surface area contributed by atoms with Crippen LogP contribution < -0.4 is 10.2 Å². The van der Waals surface area contributed by atoms with Crippen molar-refractivity contribution in [2.24, 2.45) is 5.92 Å². The molecule has 1 aliphatic rings.